The lowest BCUT2D eigenvalue weighted by atomic mass is 9.99. The van der Waals surface area contributed by atoms with Crippen LogP contribution in [0.5, 0.6) is 5.75 Å². The maximum absolute atomic E-state index is 13.0. The van der Waals surface area contributed by atoms with E-state index in [0.29, 0.717) is 27.4 Å². The number of ether oxygens (including phenoxy) is 1. The molecule has 0 saturated heterocycles. The molecule has 1 atom stereocenters. The molecule has 0 radical (unpaired) electrons. The van der Waals surface area contributed by atoms with Crippen molar-refractivity contribution in [2.24, 2.45) is 4.99 Å². The van der Waals surface area contributed by atoms with Crippen LogP contribution in [0, 0.1) is 25.2 Å². The van der Waals surface area contributed by atoms with Gasteiger partial charge in [-0.15, -0.1) is 29.6 Å². The van der Waals surface area contributed by atoms with Crippen molar-refractivity contribution < 1.29 is 22.7 Å². The third-order valence-electron chi connectivity index (χ3n) is 6.85. The Morgan fingerprint density at radius 3 is 2.42 bits per heavy atom. The number of urea groups is 1. The molecule has 230 valence electrons. The monoisotopic (exact) mass is 631 g/mol. The summed E-state index contributed by atoms with van der Waals surface area (Å²) in [6, 6.07) is 18.8. The Hall–Kier alpha value is -5.22. The number of aryl methyl sites for hydroxylation is 2. The smallest absolute Gasteiger partial charge is 0.406 e. The fourth-order valence-corrected chi connectivity index (χ4v) is 5.54. The largest absolute Gasteiger partial charge is 0.573 e. The third kappa shape index (κ3) is 7.30. The molecule has 0 bridgehead atoms. The summed E-state index contributed by atoms with van der Waals surface area (Å²) in [5, 5.41) is 18.9. The highest BCUT2D eigenvalue weighted by atomic mass is 32.1. The second-order valence-electron chi connectivity index (χ2n) is 10.5. The Morgan fingerprint density at radius 2 is 1.78 bits per heavy atom. The van der Waals surface area contributed by atoms with Gasteiger partial charge in [0, 0.05) is 16.6 Å². The van der Waals surface area contributed by atoms with Gasteiger partial charge in [-0.25, -0.2) is 14.5 Å². The Balaban J connectivity index is 1.32. The van der Waals surface area contributed by atoms with E-state index in [9.17, 15) is 23.2 Å². The molecular formula is C32H28F3N7O2S. The number of nitriles is 1. The van der Waals surface area contributed by atoms with Crippen LogP contribution in [-0.4, -0.2) is 31.7 Å². The standard InChI is InChI=1S/C32H28F3N7O2S/c1-19(2)26-14-5-20(3)15-28(26)42-21(4)17-45-31(42)39-30(43)38-27(16-36)22-6-8-23(9-7-22)29-37-18-41(40-29)24-10-12-25(13-11-24)44-32(33,34)35/h5-15,17-19,27H,1-4H3,(H,38,43). The molecule has 9 nitrogen and oxygen atoms in total. The molecule has 0 saturated carbocycles. The molecule has 1 unspecified atom stereocenters. The number of carbonyl (C=O) groups excluding carboxylic acids is 1. The van der Waals surface area contributed by atoms with Gasteiger partial charge in [0.05, 0.1) is 17.4 Å². The van der Waals surface area contributed by atoms with E-state index in [1.165, 1.54) is 46.6 Å². The van der Waals surface area contributed by atoms with Gasteiger partial charge in [0.15, 0.2) is 10.6 Å². The highest BCUT2D eigenvalue weighted by Crippen LogP contribution is 2.26. The minimum Gasteiger partial charge on any atom is -0.406 e. The number of nitrogens with one attached hydrogen (secondary N) is 1. The number of hydrogen-bond donors (Lipinski definition) is 1. The van der Waals surface area contributed by atoms with Crippen LogP contribution in [-0.2, 0) is 0 Å². The molecule has 2 amide bonds. The van der Waals surface area contributed by atoms with Gasteiger partial charge in [0.25, 0.3) is 0 Å². The third-order valence-corrected chi connectivity index (χ3v) is 7.79. The van der Waals surface area contributed by atoms with Gasteiger partial charge in [-0.05, 0) is 66.8 Å². The van der Waals surface area contributed by atoms with Crippen molar-refractivity contribution in [3.8, 4) is 34.6 Å². The predicted molar refractivity (Wildman–Crippen MR) is 163 cm³/mol. The van der Waals surface area contributed by atoms with Crippen molar-refractivity contribution in [3.05, 3.63) is 106 Å². The predicted octanol–water partition coefficient (Wildman–Crippen LogP) is 7.30. The van der Waals surface area contributed by atoms with E-state index in [4.69, 9.17) is 0 Å². The number of halogens is 3. The number of alkyl halides is 3. The fraction of sp³-hybridized carbons (Fsp3) is 0.219. The molecule has 5 rings (SSSR count). The Labute approximate surface area is 260 Å². The summed E-state index contributed by atoms with van der Waals surface area (Å²) >= 11 is 1.34. The molecule has 0 aliphatic rings. The highest BCUT2D eigenvalue weighted by molar-refractivity contribution is 7.07. The van der Waals surface area contributed by atoms with Gasteiger partial charge in [-0.2, -0.15) is 10.3 Å². The molecule has 0 aliphatic carbocycles. The Kier molecular flexibility index (Phi) is 8.87. The van der Waals surface area contributed by atoms with Crippen molar-refractivity contribution in [1.29, 1.82) is 5.26 Å². The summed E-state index contributed by atoms with van der Waals surface area (Å²) in [7, 11) is 0. The first-order valence-corrected chi connectivity index (χ1v) is 14.7. The summed E-state index contributed by atoms with van der Waals surface area (Å²) in [6.07, 6.45) is -3.34. The molecule has 1 N–H and O–H groups in total. The Morgan fingerprint density at radius 1 is 1.07 bits per heavy atom. The molecule has 3 aromatic carbocycles. The molecule has 2 heterocycles. The number of thiazole rings is 1. The molecule has 0 spiro atoms. The van der Waals surface area contributed by atoms with Crippen LogP contribution in [0.15, 0.2) is 83.4 Å². The zero-order chi connectivity index (χ0) is 32.3. The van der Waals surface area contributed by atoms with Gasteiger partial charge >= 0.3 is 12.4 Å². The highest BCUT2D eigenvalue weighted by Gasteiger charge is 2.31. The molecule has 13 heteroatoms. The average Bonchev–Trinajstić information content (AvgIpc) is 3.62. The van der Waals surface area contributed by atoms with E-state index in [1.54, 1.807) is 24.3 Å². The first kappa shape index (κ1) is 31.2. The summed E-state index contributed by atoms with van der Waals surface area (Å²) in [5.41, 5.74) is 5.79. The average molecular weight is 632 g/mol. The van der Waals surface area contributed by atoms with E-state index in [1.807, 2.05) is 23.8 Å². The van der Waals surface area contributed by atoms with Crippen molar-refractivity contribution >= 4 is 17.4 Å². The summed E-state index contributed by atoms with van der Waals surface area (Å²) in [5.74, 6) is 0.280. The Bertz CT molecular complexity index is 1930. The van der Waals surface area contributed by atoms with Crippen LogP contribution in [0.25, 0.3) is 22.8 Å². The molecule has 5 aromatic rings. The molecule has 0 aliphatic heterocycles. The number of carbonyl (C=O) groups is 1. The van der Waals surface area contributed by atoms with Crippen molar-refractivity contribution in [2.75, 3.05) is 0 Å². The topological polar surface area (TPSA) is 110 Å². The van der Waals surface area contributed by atoms with Crippen molar-refractivity contribution in [1.82, 2.24) is 24.6 Å². The van der Waals surface area contributed by atoms with Crippen LogP contribution in [0.2, 0.25) is 0 Å². The van der Waals surface area contributed by atoms with Crippen LogP contribution in [0.3, 0.4) is 0 Å². The minimum atomic E-state index is -4.78. The number of amides is 2. The first-order chi connectivity index (χ1) is 21.4. The second-order valence-corrected chi connectivity index (χ2v) is 11.3. The minimum absolute atomic E-state index is 0.261. The van der Waals surface area contributed by atoms with E-state index < -0.39 is 18.4 Å². The van der Waals surface area contributed by atoms with E-state index in [-0.39, 0.29) is 11.7 Å². The number of benzene rings is 3. The van der Waals surface area contributed by atoms with Gasteiger partial charge < -0.3 is 10.1 Å². The zero-order valence-electron chi connectivity index (χ0n) is 24.7. The molecular weight excluding hydrogens is 603 g/mol. The van der Waals surface area contributed by atoms with Crippen LogP contribution < -0.4 is 14.9 Å². The first-order valence-electron chi connectivity index (χ1n) is 13.8. The SMILES string of the molecule is Cc1ccc(C(C)C)c(-n2c(C)csc2=NC(=O)NC(C#N)c2ccc(-c3ncn(-c4ccc(OC(F)(F)F)cc4)n3)cc2)c1. The van der Waals surface area contributed by atoms with Crippen LogP contribution in [0.1, 0.15) is 48.2 Å². The lowest BCUT2D eigenvalue weighted by Crippen LogP contribution is -2.28. The zero-order valence-corrected chi connectivity index (χ0v) is 25.5. The van der Waals surface area contributed by atoms with E-state index >= 15 is 0 Å². The lowest BCUT2D eigenvalue weighted by molar-refractivity contribution is -0.274. The number of aromatic nitrogens is 4. The van der Waals surface area contributed by atoms with Crippen LogP contribution >= 0.6 is 11.3 Å². The summed E-state index contributed by atoms with van der Waals surface area (Å²) in [4.78, 5) is 22.1. The second kappa shape index (κ2) is 12.8. The van der Waals surface area contributed by atoms with Crippen molar-refractivity contribution in [2.45, 2.75) is 46.0 Å². The maximum Gasteiger partial charge on any atom is 0.573 e. The van der Waals surface area contributed by atoms with E-state index in [2.05, 4.69) is 63.2 Å². The van der Waals surface area contributed by atoms with Gasteiger partial charge in [0.1, 0.15) is 18.1 Å². The summed E-state index contributed by atoms with van der Waals surface area (Å²) in [6.45, 7) is 8.20. The normalized spacial score (nSPS) is 12.6. The van der Waals surface area contributed by atoms with E-state index in [0.717, 1.165) is 22.5 Å². The summed E-state index contributed by atoms with van der Waals surface area (Å²) < 4.78 is 44.6. The van der Waals surface area contributed by atoms with Crippen LogP contribution in [0.4, 0.5) is 18.0 Å². The van der Waals surface area contributed by atoms with Crippen molar-refractivity contribution in [3.63, 3.8) is 0 Å². The lowest BCUT2D eigenvalue weighted by Gasteiger charge is -2.16. The number of hydrogen-bond acceptors (Lipinski definition) is 6. The molecule has 45 heavy (non-hydrogen) atoms. The number of rotatable bonds is 7. The molecule has 2 aromatic heterocycles. The van der Waals surface area contributed by atoms with Gasteiger partial charge in [0.2, 0.25) is 0 Å². The number of nitrogens with zero attached hydrogens (tertiary/aromatic N) is 6. The van der Waals surface area contributed by atoms with Gasteiger partial charge in [-0.1, -0.05) is 50.2 Å². The molecule has 0 fully saturated rings. The fourth-order valence-electron chi connectivity index (χ4n) is 4.68. The van der Waals surface area contributed by atoms with Gasteiger partial charge in [-0.3, -0.25) is 4.57 Å². The quantitative estimate of drug-likeness (QED) is 0.203. The maximum atomic E-state index is 13.0.